The molecule has 0 bridgehead atoms. The summed E-state index contributed by atoms with van der Waals surface area (Å²) in [4.78, 5) is 12.7. The van der Waals surface area contributed by atoms with Crippen molar-refractivity contribution in [2.45, 2.75) is 23.8 Å². The van der Waals surface area contributed by atoms with E-state index in [9.17, 15) is 0 Å². The zero-order chi connectivity index (χ0) is 11.5. The zero-order valence-corrected chi connectivity index (χ0v) is 9.90. The van der Waals surface area contributed by atoms with Gasteiger partial charge in [-0.2, -0.15) is 5.10 Å². The summed E-state index contributed by atoms with van der Waals surface area (Å²) >= 11 is 1.38. The second kappa shape index (κ2) is 4.58. The number of hydrogen-bond donors (Lipinski definition) is 1. The van der Waals surface area contributed by atoms with Crippen LogP contribution in [-0.4, -0.2) is 24.7 Å². The van der Waals surface area contributed by atoms with E-state index in [1.807, 2.05) is 20.0 Å². The smallest absolute Gasteiger partial charge is 0.195 e. The van der Waals surface area contributed by atoms with E-state index in [0.717, 1.165) is 16.5 Å². The first kappa shape index (κ1) is 11.0. The number of aromatic nitrogens is 5. The van der Waals surface area contributed by atoms with Gasteiger partial charge in [-0.3, -0.25) is 0 Å². The minimum Gasteiger partial charge on any atom is -0.325 e. The Morgan fingerprint density at radius 1 is 1.44 bits per heavy atom. The third kappa shape index (κ3) is 2.37. The van der Waals surface area contributed by atoms with Crippen LogP contribution in [0.25, 0.3) is 0 Å². The van der Waals surface area contributed by atoms with Crippen LogP contribution in [0, 0.1) is 6.92 Å². The van der Waals surface area contributed by atoms with Gasteiger partial charge in [0.05, 0.1) is 5.69 Å². The van der Waals surface area contributed by atoms with Crippen molar-refractivity contribution in [1.82, 2.24) is 24.7 Å². The maximum atomic E-state index is 5.56. The van der Waals surface area contributed by atoms with E-state index >= 15 is 0 Å². The number of hydrogen-bond acceptors (Lipinski definition) is 6. The van der Waals surface area contributed by atoms with E-state index in [2.05, 4.69) is 20.1 Å². The monoisotopic (exact) mass is 236 g/mol. The molecular weight excluding hydrogens is 224 g/mol. The summed E-state index contributed by atoms with van der Waals surface area (Å²) in [7, 11) is 1.83. The second-order valence-electron chi connectivity index (χ2n) is 3.26. The van der Waals surface area contributed by atoms with Crippen LogP contribution >= 0.6 is 11.8 Å². The molecule has 0 spiro atoms. The van der Waals surface area contributed by atoms with E-state index in [0.29, 0.717) is 11.7 Å². The van der Waals surface area contributed by atoms with Crippen LogP contribution in [0.15, 0.2) is 22.7 Å². The Bertz CT molecular complexity index is 494. The molecule has 7 heteroatoms. The van der Waals surface area contributed by atoms with Gasteiger partial charge in [0.1, 0.15) is 6.33 Å². The van der Waals surface area contributed by atoms with Gasteiger partial charge in [-0.05, 0) is 24.8 Å². The van der Waals surface area contributed by atoms with Gasteiger partial charge < -0.3 is 5.73 Å². The molecule has 0 atom stereocenters. The van der Waals surface area contributed by atoms with E-state index in [4.69, 9.17) is 5.73 Å². The molecule has 2 rings (SSSR count). The second-order valence-corrected chi connectivity index (χ2v) is 4.19. The molecule has 84 valence electrons. The number of nitrogens with zero attached hydrogens (tertiary/aromatic N) is 5. The largest absolute Gasteiger partial charge is 0.325 e. The normalized spacial score (nSPS) is 10.7. The van der Waals surface area contributed by atoms with Gasteiger partial charge >= 0.3 is 0 Å². The molecule has 0 aromatic carbocycles. The molecule has 2 N–H and O–H groups in total. The fourth-order valence-corrected chi connectivity index (χ4v) is 2.01. The SMILES string of the molecule is Cc1cc(CN)nc(Sc2ncnn2C)n1. The van der Waals surface area contributed by atoms with Crippen molar-refractivity contribution in [2.24, 2.45) is 12.8 Å². The van der Waals surface area contributed by atoms with Crippen molar-refractivity contribution >= 4 is 11.8 Å². The lowest BCUT2D eigenvalue weighted by atomic mass is 10.3. The summed E-state index contributed by atoms with van der Waals surface area (Å²) in [5.41, 5.74) is 7.29. The maximum Gasteiger partial charge on any atom is 0.195 e. The van der Waals surface area contributed by atoms with E-state index < -0.39 is 0 Å². The standard InChI is InChI=1S/C9H12N6S/c1-6-3-7(4-10)14-8(13-6)16-9-11-5-12-15(9)2/h3,5H,4,10H2,1-2H3. The van der Waals surface area contributed by atoms with Crippen LogP contribution in [0.2, 0.25) is 0 Å². The zero-order valence-electron chi connectivity index (χ0n) is 9.08. The predicted octanol–water partition coefficient (Wildman–Crippen LogP) is 0.523. The third-order valence-electron chi connectivity index (χ3n) is 1.95. The third-order valence-corrected chi connectivity index (χ3v) is 2.87. The van der Waals surface area contributed by atoms with Crippen molar-refractivity contribution in [3.63, 3.8) is 0 Å². The van der Waals surface area contributed by atoms with Crippen molar-refractivity contribution in [1.29, 1.82) is 0 Å². The van der Waals surface area contributed by atoms with Gasteiger partial charge in [0.15, 0.2) is 10.3 Å². The van der Waals surface area contributed by atoms with Crippen LogP contribution in [0.1, 0.15) is 11.4 Å². The molecule has 0 unspecified atom stereocenters. The highest BCUT2D eigenvalue weighted by molar-refractivity contribution is 7.99. The molecule has 2 heterocycles. The maximum absolute atomic E-state index is 5.56. The van der Waals surface area contributed by atoms with Crippen LogP contribution in [0.5, 0.6) is 0 Å². The van der Waals surface area contributed by atoms with Gasteiger partial charge in [0, 0.05) is 19.3 Å². The molecule has 6 nitrogen and oxygen atoms in total. The average Bonchev–Trinajstić information content (AvgIpc) is 2.63. The van der Waals surface area contributed by atoms with E-state index in [1.165, 1.54) is 18.1 Å². The van der Waals surface area contributed by atoms with Crippen molar-refractivity contribution in [2.75, 3.05) is 0 Å². The summed E-state index contributed by atoms with van der Waals surface area (Å²) < 4.78 is 1.68. The molecule has 0 fully saturated rings. The van der Waals surface area contributed by atoms with Crippen LogP contribution in [-0.2, 0) is 13.6 Å². The predicted molar refractivity (Wildman–Crippen MR) is 59.8 cm³/mol. The number of nitrogens with two attached hydrogens (primary N) is 1. The summed E-state index contributed by atoms with van der Waals surface area (Å²) in [5.74, 6) is 0. The summed E-state index contributed by atoms with van der Waals surface area (Å²) in [6.07, 6.45) is 1.50. The minimum absolute atomic E-state index is 0.412. The first-order valence-corrected chi connectivity index (χ1v) is 5.57. The first-order valence-electron chi connectivity index (χ1n) is 4.75. The molecule has 2 aromatic rings. The summed E-state index contributed by atoms with van der Waals surface area (Å²) in [6, 6.07) is 1.88. The van der Waals surface area contributed by atoms with Crippen LogP contribution in [0.3, 0.4) is 0 Å². The Kier molecular flexibility index (Phi) is 3.16. The molecule has 2 aromatic heterocycles. The number of rotatable bonds is 3. The Labute approximate surface area is 97.3 Å². The van der Waals surface area contributed by atoms with Crippen molar-refractivity contribution in [3.8, 4) is 0 Å². The van der Waals surface area contributed by atoms with Crippen molar-refractivity contribution in [3.05, 3.63) is 23.8 Å². The fourth-order valence-electron chi connectivity index (χ4n) is 1.21. The Morgan fingerprint density at radius 2 is 2.25 bits per heavy atom. The van der Waals surface area contributed by atoms with Gasteiger partial charge in [0.2, 0.25) is 0 Å². The van der Waals surface area contributed by atoms with Gasteiger partial charge in [-0.15, -0.1) is 0 Å². The van der Waals surface area contributed by atoms with E-state index in [1.54, 1.807) is 4.68 Å². The lowest BCUT2D eigenvalue weighted by Crippen LogP contribution is -2.03. The van der Waals surface area contributed by atoms with Crippen LogP contribution < -0.4 is 5.73 Å². The summed E-state index contributed by atoms with van der Waals surface area (Å²) in [6.45, 7) is 2.33. The Balaban J connectivity index is 2.28. The quantitative estimate of drug-likeness (QED) is 0.782. The molecule has 0 aliphatic rings. The highest BCUT2D eigenvalue weighted by Crippen LogP contribution is 2.21. The first-order chi connectivity index (χ1) is 7.69. The lowest BCUT2D eigenvalue weighted by Gasteiger charge is -2.03. The molecule has 0 aliphatic carbocycles. The Morgan fingerprint density at radius 3 is 2.88 bits per heavy atom. The van der Waals surface area contributed by atoms with E-state index in [-0.39, 0.29) is 0 Å². The van der Waals surface area contributed by atoms with Gasteiger partial charge in [-0.25, -0.2) is 19.6 Å². The highest BCUT2D eigenvalue weighted by Gasteiger charge is 2.07. The summed E-state index contributed by atoms with van der Waals surface area (Å²) in [5, 5.41) is 5.39. The molecule has 0 aliphatic heterocycles. The minimum atomic E-state index is 0.412. The van der Waals surface area contributed by atoms with Crippen LogP contribution in [0.4, 0.5) is 0 Å². The molecule has 0 amide bonds. The van der Waals surface area contributed by atoms with Gasteiger partial charge in [0.25, 0.3) is 0 Å². The van der Waals surface area contributed by atoms with Gasteiger partial charge in [-0.1, -0.05) is 0 Å². The molecule has 16 heavy (non-hydrogen) atoms. The lowest BCUT2D eigenvalue weighted by molar-refractivity contribution is 0.683. The van der Waals surface area contributed by atoms with Crippen molar-refractivity contribution < 1.29 is 0 Å². The number of aryl methyl sites for hydroxylation is 2. The highest BCUT2D eigenvalue weighted by atomic mass is 32.2. The Hall–Kier alpha value is -1.47. The molecule has 0 saturated heterocycles. The average molecular weight is 236 g/mol. The topological polar surface area (TPSA) is 82.5 Å². The fraction of sp³-hybridized carbons (Fsp3) is 0.333. The molecule has 0 radical (unpaired) electrons. The molecule has 0 saturated carbocycles. The molecular formula is C9H12N6S.